The first-order chi connectivity index (χ1) is 20.4. The zero-order valence-corrected chi connectivity index (χ0v) is 25.2. The van der Waals surface area contributed by atoms with E-state index in [1.54, 1.807) is 47.9 Å². The van der Waals surface area contributed by atoms with Crippen molar-refractivity contribution in [3.8, 4) is 0 Å². The molecule has 5 rings (SSSR count). The van der Waals surface area contributed by atoms with Gasteiger partial charge in [-0.05, 0) is 58.2 Å². The number of aromatic nitrogens is 4. The van der Waals surface area contributed by atoms with E-state index in [1.165, 1.54) is 6.33 Å². The van der Waals surface area contributed by atoms with Crippen LogP contribution in [0, 0.1) is 0 Å². The molecule has 5 aromatic rings. The normalized spacial score (nSPS) is 12.1. The maximum absolute atomic E-state index is 13.5. The van der Waals surface area contributed by atoms with E-state index in [4.69, 9.17) is 14.5 Å². The van der Waals surface area contributed by atoms with E-state index in [1.807, 2.05) is 59.2 Å². The highest BCUT2D eigenvalue weighted by molar-refractivity contribution is 6.12. The maximum atomic E-state index is 13.5. The summed E-state index contributed by atoms with van der Waals surface area (Å²) in [5.41, 5.74) is 0.823. The molecule has 43 heavy (non-hydrogen) atoms. The molecule has 0 saturated carbocycles. The number of carbonyl (C=O) groups excluding carboxylic acids is 2. The molecule has 2 aromatic heterocycles. The fraction of sp³-hybridized carbons (Fsp3) is 0.265. The van der Waals surface area contributed by atoms with Crippen molar-refractivity contribution < 1.29 is 19.1 Å². The summed E-state index contributed by atoms with van der Waals surface area (Å²) in [7, 11) is 0. The van der Waals surface area contributed by atoms with E-state index in [-0.39, 0.29) is 11.3 Å². The summed E-state index contributed by atoms with van der Waals surface area (Å²) in [5.74, 6) is -0.0460. The lowest BCUT2D eigenvalue weighted by atomic mass is 9.76. The Morgan fingerprint density at radius 1 is 0.628 bits per heavy atom. The Kier molecular flexibility index (Phi) is 7.75. The number of amides is 2. The Hall–Kier alpha value is -5.05. The monoisotopic (exact) mass is 577 g/mol. The number of carbonyl (C=O) groups is 2. The maximum Gasteiger partial charge on any atom is 0.425 e. The summed E-state index contributed by atoms with van der Waals surface area (Å²) in [4.78, 5) is 41.5. The van der Waals surface area contributed by atoms with Gasteiger partial charge in [0, 0.05) is 0 Å². The molecule has 0 radical (unpaired) electrons. The number of fused-ring (bicyclic) bond motifs is 1. The van der Waals surface area contributed by atoms with Crippen LogP contribution in [0.4, 0.5) is 15.4 Å². The third-order valence-electron chi connectivity index (χ3n) is 6.61. The number of ether oxygens (including phenoxy) is 2. The molecule has 0 saturated heterocycles. The van der Waals surface area contributed by atoms with Crippen molar-refractivity contribution in [3.63, 3.8) is 0 Å². The molecule has 0 atom stereocenters. The van der Waals surface area contributed by atoms with E-state index < -0.39 is 28.9 Å². The third kappa shape index (κ3) is 5.83. The molecule has 3 aromatic carbocycles. The minimum atomic E-state index is -0.934. The summed E-state index contributed by atoms with van der Waals surface area (Å²) >= 11 is 0. The van der Waals surface area contributed by atoms with Gasteiger partial charge in [0.05, 0.1) is 6.33 Å². The molecular formula is C34H35N5O4. The minimum absolute atomic E-state index is 0.0460. The van der Waals surface area contributed by atoms with Crippen LogP contribution in [0.5, 0.6) is 0 Å². The molecule has 2 heterocycles. The molecule has 0 N–H and O–H groups in total. The van der Waals surface area contributed by atoms with Crippen molar-refractivity contribution in [2.24, 2.45) is 0 Å². The second-order valence-corrected chi connectivity index (χ2v) is 12.1. The van der Waals surface area contributed by atoms with Crippen molar-refractivity contribution >= 4 is 29.2 Å². The van der Waals surface area contributed by atoms with E-state index in [9.17, 15) is 9.59 Å². The molecule has 220 valence electrons. The first-order valence-electron chi connectivity index (χ1n) is 14.0. The number of anilines is 1. The van der Waals surface area contributed by atoms with E-state index in [2.05, 4.69) is 46.4 Å². The standard InChI is InChI=1S/C34H35N5O4/c1-32(2,3)42-30(40)39(31(41)43-33(4,5)6)29-27-28(35-22-36-29)38(23-37-27)34(24-16-10-7-11-17-24,25-18-12-8-13-19-25)26-20-14-9-15-21-26/h7-23H,1-6H3. The van der Waals surface area contributed by atoms with Crippen LogP contribution in [0.15, 0.2) is 104 Å². The van der Waals surface area contributed by atoms with Crippen LogP contribution in [-0.2, 0) is 15.0 Å². The summed E-state index contributed by atoms with van der Waals surface area (Å²) in [6, 6.07) is 30.2. The van der Waals surface area contributed by atoms with E-state index >= 15 is 0 Å². The first kappa shape index (κ1) is 29.4. The number of benzene rings is 3. The Labute approximate surface area is 251 Å². The molecule has 0 aliphatic heterocycles. The van der Waals surface area contributed by atoms with Crippen molar-refractivity contribution in [1.29, 1.82) is 0 Å². The summed E-state index contributed by atoms with van der Waals surface area (Å²) in [5, 5.41) is 0. The zero-order chi connectivity index (χ0) is 30.8. The highest BCUT2D eigenvalue weighted by Crippen LogP contribution is 2.42. The molecule has 9 nitrogen and oxygen atoms in total. The zero-order valence-electron chi connectivity index (χ0n) is 25.2. The van der Waals surface area contributed by atoms with Crippen LogP contribution in [0.25, 0.3) is 11.2 Å². The summed E-state index contributed by atoms with van der Waals surface area (Å²) in [6.07, 6.45) is 1.11. The predicted molar refractivity (Wildman–Crippen MR) is 165 cm³/mol. The third-order valence-corrected chi connectivity index (χ3v) is 6.61. The van der Waals surface area contributed by atoms with Crippen LogP contribution in [-0.4, -0.2) is 42.9 Å². The van der Waals surface area contributed by atoms with Crippen molar-refractivity contribution in [2.75, 3.05) is 4.90 Å². The predicted octanol–water partition coefficient (Wildman–Crippen LogP) is 7.34. The molecular weight excluding hydrogens is 542 g/mol. The van der Waals surface area contributed by atoms with Gasteiger partial charge in [-0.3, -0.25) is 4.57 Å². The fourth-order valence-electron chi connectivity index (χ4n) is 5.05. The Morgan fingerprint density at radius 2 is 1.05 bits per heavy atom. The van der Waals surface area contributed by atoms with Crippen LogP contribution >= 0.6 is 0 Å². The van der Waals surface area contributed by atoms with Crippen molar-refractivity contribution in [2.45, 2.75) is 58.3 Å². The van der Waals surface area contributed by atoms with Gasteiger partial charge in [0.1, 0.15) is 23.1 Å². The number of imidazole rings is 1. The lowest BCUT2D eigenvalue weighted by Gasteiger charge is -2.37. The Balaban J connectivity index is 1.81. The molecule has 0 bridgehead atoms. The van der Waals surface area contributed by atoms with Crippen molar-refractivity contribution in [1.82, 2.24) is 19.5 Å². The largest absolute Gasteiger partial charge is 0.443 e. The molecule has 9 heteroatoms. The van der Waals surface area contributed by atoms with Gasteiger partial charge < -0.3 is 9.47 Å². The smallest absolute Gasteiger partial charge is 0.425 e. The number of rotatable bonds is 5. The lowest BCUT2D eigenvalue weighted by Crippen LogP contribution is -2.44. The van der Waals surface area contributed by atoms with Gasteiger partial charge in [-0.15, -0.1) is 0 Å². The van der Waals surface area contributed by atoms with E-state index in [0.29, 0.717) is 5.65 Å². The second kappa shape index (κ2) is 11.3. The van der Waals surface area contributed by atoms with Gasteiger partial charge >= 0.3 is 12.2 Å². The number of nitrogens with zero attached hydrogens (tertiary/aromatic N) is 5. The van der Waals surface area contributed by atoms with Gasteiger partial charge in [0.25, 0.3) is 0 Å². The Bertz CT molecular complexity index is 1600. The van der Waals surface area contributed by atoms with Gasteiger partial charge in [-0.2, -0.15) is 4.90 Å². The SMILES string of the molecule is CC(C)(C)OC(=O)N(C(=O)OC(C)(C)C)c1ncnc2c1ncn2C(c1ccccc1)(c1ccccc1)c1ccccc1. The molecule has 0 spiro atoms. The fourth-order valence-corrected chi connectivity index (χ4v) is 5.05. The first-order valence-corrected chi connectivity index (χ1v) is 14.0. The summed E-state index contributed by atoms with van der Waals surface area (Å²) < 4.78 is 13.2. The topological polar surface area (TPSA) is 99.4 Å². The number of hydrogen-bond acceptors (Lipinski definition) is 7. The van der Waals surface area contributed by atoms with Gasteiger partial charge in [-0.25, -0.2) is 24.5 Å². The lowest BCUT2D eigenvalue weighted by molar-refractivity contribution is 0.0429. The van der Waals surface area contributed by atoms with Crippen LogP contribution < -0.4 is 4.90 Å². The van der Waals surface area contributed by atoms with Crippen LogP contribution in [0.2, 0.25) is 0 Å². The van der Waals surface area contributed by atoms with Crippen LogP contribution in [0.3, 0.4) is 0 Å². The number of imide groups is 1. The minimum Gasteiger partial charge on any atom is -0.443 e. The molecule has 0 unspecified atom stereocenters. The number of hydrogen-bond donors (Lipinski definition) is 0. The molecule has 0 fully saturated rings. The summed E-state index contributed by atoms with van der Waals surface area (Å²) in [6.45, 7) is 10.3. The highest BCUT2D eigenvalue weighted by atomic mass is 16.6. The quantitative estimate of drug-likeness (QED) is 0.201. The molecule has 0 aliphatic carbocycles. The van der Waals surface area contributed by atoms with Gasteiger partial charge in [-0.1, -0.05) is 91.0 Å². The van der Waals surface area contributed by atoms with Crippen molar-refractivity contribution in [3.05, 3.63) is 120 Å². The second-order valence-electron chi connectivity index (χ2n) is 12.1. The highest BCUT2D eigenvalue weighted by Gasteiger charge is 2.41. The Morgan fingerprint density at radius 3 is 1.44 bits per heavy atom. The average Bonchev–Trinajstić information content (AvgIpc) is 3.39. The van der Waals surface area contributed by atoms with Gasteiger partial charge in [0.2, 0.25) is 0 Å². The molecule has 2 amide bonds. The molecule has 0 aliphatic rings. The van der Waals surface area contributed by atoms with E-state index in [0.717, 1.165) is 21.6 Å². The average molecular weight is 578 g/mol. The van der Waals surface area contributed by atoms with Gasteiger partial charge in [0.15, 0.2) is 17.0 Å². The van der Waals surface area contributed by atoms with Crippen LogP contribution in [0.1, 0.15) is 58.2 Å².